The molecule has 1 aromatic rings. The minimum Gasteiger partial charge on any atom is -0.339 e. The molecular formula is C12H16Cl2N2OS. The van der Waals surface area contributed by atoms with Crippen LogP contribution < -0.4 is 5.32 Å². The second-order valence-electron chi connectivity index (χ2n) is 3.85. The summed E-state index contributed by atoms with van der Waals surface area (Å²) in [5.74, 6) is 0.653. The van der Waals surface area contributed by atoms with Crippen molar-refractivity contribution < 1.29 is 4.79 Å². The van der Waals surface area contributed by atoms with Crippen LogP contribution in [0.3, 0.4) is 0 Å². The molecular weight excluding hydrogens is 291 g/mol. The molecule has 1 amide bonds. The van der Waals surface area contributed by atoms with Gasteiger partial charge >= 0.3 is 0 Å². The molecule has 1 saturated heterocycles. The van der Waals surface area contributed by atoms with Crippen molar-refractivity contribution >= 4 is 41.7 Å². The normalized spacial score (nSPS) is 15.1. The van der Waals surface area contributed by atoms with Crippen LogP contribution in [-0.2, 0) is 4.79 Å². The zero-order chi connectivity index (χ0) is 12.1. The van der Waals surface area contributed by atoms with Crippen molar-refractivity contribution in [3.05, 3.63) is 29.3 Å². The Bertz CT molecular complexity index is 397. The third kappa shape index (κ3) is 4.35. The summed E-state index contributed by atoms with van der Waals surface area (Å²) in [7, 11) is 0. The van der Waals surface area contributed by atoms with Gasteiger partial charge in [0.15, 0.2) is 0 Å². The molecule has 1 heterocycles. The van der Waals surface area contributed by atoms with Gasteiger partial charge in [-0.2, -0.15) is 0 Å². The Labute approximate surface area is 123 Å². The number of benzene rings is 1. The summed E-state index contributed by atoms with van der Waals surface area (Å²) in [5.41, 5.74) is 0. The van der Waals surface area contributed by atoms with Gasteiger partial charge < -0.3 is 10.2 Å². The Hall–Kier alpha value is -0.420. The molecule has 1 aliphatic heterocycles. The molecule has 18 heavy (non-hydrogen) atoms. The summed E-state index contributed by atoms with van der Waals surface area (Å²) in [6, 6.07) is 7.62. The quantitative estimate of drug-likeness (QED) is 0.870. The Balaban J connectivity index is 0.00000162. The van der Waals surface area contributed by atoms with E-state index in [-0.39, 0.29) is 18.3 Å². The summed E-state index contributed by atoms with van der Waals surface area (Å²) in [5, 5.41) is 3.94. The predicted octanol–water partition coefficient (Wildman–Crippen LogP) is 2.29. The average molecular weight is 307 g/mol. The molecule has 0 atom stereocenters. The van der Waals surface area contributed by atoms with Gasteiger partial charge in [-0.1, -0.05) is 23.7 Å². The zero-order valence-corrected chi connectivity index (χ0v) is 12.3. The Kier molecular flexibility index (Phi) is 6.86. The van der Waals surface area contributed by atoms with Gasteiger partial charge in [-0.05, 0) is 12.1 Å². The van der Waals surface area contributed by atoms with Crippen LogP contribution in [0.5, 0.6) is 0 Å². The predicted molar refractivity (Wildman–Crippen MR) is 78.9 cm³/mol. The lowest BCUT2D eigenvalue weighted by Crippen LogP contribution is -2.47. The summed E-state index contributed by atoms with van der Waals surface area (Å²) >= 11 is 7.54. The van der Waals surface area contributed by atoms with Gasteiger partial charge in [0.25, 0.3) is 0 Å². The van der Waals surface area contributed by atoms with Crippen LogP contribution >= 0.6 is 35.8 Å². The third-order valence-electron chi connectivity index (χ3n) is 2.66. The highest BCUT2D eigenvalue weighted by Gasteiger charge is 2.16. The van der Waals surface area contributed by atoms with E-state index in [1.807, 2.05) is 29.2 Å². The van der Waals surface area contributed by atoms with E-state index in [9.17, 15) is 4.79 Å². The standard InChI is InChI=1S/C12H15ClN2OS.ClH/c13-10-3-1-2-4-11(10)17-9-12(16)15-7-5-14-6-8-15;/h1-4,14H,5-9H2;1H. The topological polar surface area (TPSA) is 32.3 Å². The van der Waals surface area contributed by atoms with Gasteiger partial charge in [0.05, 0.1) is 10.8 Å². The van der Waals surface area contributed by atoms with E-state index < -0.39 is 0 Å². The first-order chi connectivity index (χ1) is 8.27. The van der Waals surface area contributed by atoms with Crippen LogP contribution in [0.4, 0.5) is 0 Å². The van der Waals surface area contributed by atoms with Gasteiger partial charge in [-0.15, -0.1) is 24.2 Å². The molecule has 6 heteroatoms. The molecule has 1 aromatic carbocycles. The number of piperazine rings is 1. The Morgan fingerprint density at radius 3 is 2.67 bits per heavy atom. The van der Waals surface area contributed by atoms with Crippen LogP contribution in [0.15, 0.2) is 29.2 Å². The number of carbonyl (C=O) groups is 1. The van der Waals surface area contributed by atoms with Gasteiger partial charge in [0.1, 0.15) is 0 Å². The fourth-order valence-corrected chi connectivity index (χ4v) is 2.85. The SMILES string of the molecule is Cl.O=C(CSc1ccccc1Cl)N1CCNCC1. The van der Waals surface area contributed by atoms with E-state index in [1.54, 1.807) is 0 Å². The molecule has 0 spiro atoms. The van der Waals surface area contributed by atoms with Crippen LogP contribution in [0, 0.1) is 0 Å². The van der Waals surface area contributed by atoms with Crippen LogP contribution in [0.25, 0.3) is 0 Å². The first-order valence-electron chi connectivity index (χ1n) is 5.63. The largest absolute Gasteiger partial charge is 0.339 e. The highest BCUT2D eigenvalue weighted by Crippen LogP contribution is 2.26. The molecule has 3 nitrogen and oxygen atoms in total. The first-order valence-corrected chi connectivity index (χ1v) is 6.99. The van der Waals surface area contributed by atoms with Crippen molar-refractivity contribution in [2.45, 2.75) is 4.90 Å². The van der Waals surface area contributed by atoms with E-state index >= 15 is 0 Å². The van der Waals surface area contributed by atoms with Crippen LogP contribution in [-0.4, -0.2) is 42.7 Å². The number of nitrogens with zero attached hydrogens (tertiary/aromatic N) is 1. The molecule has 0 saturated carbocycles. The number of halogens is 2. The van der Waals surface area contributed by atoms with Gasteiger partial charge in [-0.3, -0.25) is 4.79 Å². The van der Waals surface area contributed by atoms with Crippen molar-refractivity contribution in [3.8, 4) is 0 Å². The van der Waals surface area contributed by atoms with E-state index in [0.29, 0.717) is 10.8 Å². The highest BCUT2D eigenvalue weighted by atomic mass is 35.5. The zero-order valence-electron chi connectivity index (χ0n) is 9.89. The number of amides is 1. The first kappa shape index (κ1) is 15.6. The molecule has 1 aliphatic rings. The van der Waals surface area contributed by atoms with Gasteiger partial charge in [-0.25, -0.2) is 0 Å². The van der Waals surface area contributed by atoms with Crippen LogP contribution in [0.2, 0.25) is 5.02 Å². The fraction of sp³-hybridized carbons (Fsp3) is 0.417. The minimum absolute atomic E-state index is 0. The lowest BCUT2D eigenvalue weighted by molar-refractivity contribution is -0.128. The fourth-order valence-electron chi connectivity index (χ4n) is 1.71. The number of rotatable bonds is 3. The summed E-state index contributed by atoms with van der Waals surface area (Å²) < 4.78 is 0. The molecule has 100 valence electrons. The monoisotopic (exact) mass is 306 g/mol. The summed E-state index contributed by atoms with van der Waals surface area (Å²) in [6.45, 7) is 3.40. The molecule has 0 aromatic heterocycles. The molecule has 0 unspecified atom stereocenters. The van der Waals surface area contributed by atoms with Crippen molar-refractivity contribution in [3.63, 3.8) is 0 Å². The number of carbonyl (C=O) groups excluding carboxylic acids is 1. The molecule has 1 fully saturated rings. The lowest BCUT2D eigenvalue weighted by Gasteiger charge is -2.27. The summed E-state index contributed by atoms with van der Waals surface area (Å²) in [4.78, 5) is 14.8. The second-order valence-corrected chi connectivity index (χ2v) is 5.27. The Morgan fingerprint density at radius 1 is 1.33 bits per heavy atom. The molecule has 0 radical (unpaired) electrons. The third-order valence-corrected chi connectivity index (χ3v) is 4.16. The minimum atomic E-state index is 0. The van der Waals surface area contributed by atoms with Gasteiger partial charge in [0, 0.05) is 31.1 Å². The number of hydrogen-bond donors (Lipinski definition) is 1. The lowest BCUT2D eigenvalue weighted by atomic mass is 10.3. The van der Waals surface area contributed by atoms with E-state index in [2.05, 4.69) is 5.32 Å². The van der Waals surface area contributed by atoms with E-state index in [0.717, 1.165) is 31.1 Å². The number of hydrogen-bond acceptors (Lipinski definition) is 3. The highest BCUT2D eigenvalue weighted by molar-refractivity contribution is 8.00. The van der Waals surface area contributed by atoms with E-state index in [4.69, 9.17) is 11.6 Å². The second kappa shape index (κ2) is 7.89. The molecule has 1 N–H and O–H groups in total. The Morgan fingerprint density at radius 2 is 2.00 bits per heavy atom. The van der Waals surface area contributed by atoms with Crippen molar-refractivity contribution in [1.29, 1.82) is 0 Å². The summed E-state index contributed by atoms with van der Waals surface area (Å²) in [6.07, 6.45) is 0. The molecule has 0 bridgehead atoms. The van der Waals surface area contributed by atoms with Gasteiger partial charge in [0.2, 0.25) is 5.91 Å². The van der Waals surface area contributed by atoms with Crippen molar-refractivity contribution in [2.24, 2.45) is 0 Å². The maximum absolute atomic E-state index is 11.9. The number of nitrogens with one attached hydrogen (secondary N) is 1. The smallest absolute Gasteiger partial charge is 0.233 e. The van der Waals surface area contributed by atoms with E-state index in [1.165, 1.54) is 11.8 Å². The van der Waals surface area contributed by atoms with Crippen molar-refractivity contribution in [1.82, 2.24) is 10.2 Å². The maximum Gasteiger partial charge on any atom is 0.233 e. The average Bonchev–Trinajstić information content (AvgIpc) is 2.38. The van der Waals surface area contributed by atoms with Crippen molar-refractivity contribution in [2.75, 3.05) is 31.9 Å². The maximum atomic E-state index is 11.9. The number of thioether (sulfide) groups is 1. The van der Waals surface area contributed by atoms with Crippen LogP contribution in [0.1, 0.15) is 0 Å². The molecule has 2 rings (SSSR count). The molecule has 0 aliphatic carbocycles.